The molecule has 0 atom stereocenters. The van der Waals surface area contributed by atoms with Gasteiger partial charge >= 0.3 is 0 Å². The van der Waals surface area contributed by atoms with Crippen LogP contribution < -0.4 is 10.1 Å². The number of hydrogen-bond acceptors (Lipinski definition) is 2. The zero-order valence-electron chi connectivity index (χ0n) is 13.0. The summed E-state index contributed by atoms with van der Waals surface area (Å²) in [5.74, 6) is 0.350. The molecule has 0 aliphatic rings. The molecule has 0 saturated heterocycles. The average Bonchev–Trinajstić information content (AvgIpc) is 2.61. The molecule has 122 valence electrons. The number of anilines is 1. The normalized spacial score (nSPS) is 10.4. The second-order valence-corrected chi connectivity index (χ2v) is 5.72. The molecule has 3 aromatic carbocycles. The molecule has 4 heteroatoms. The summed E-state index contributed by atoms with van der Waals surface area (Å²) in [4.78, 5) is 0. The minimum absolute atomic E-state index is 0.0911. The van der Waals surface area contributed by atoms with E-state index < -0.39 is 0 Å². The quantitative estimate of drug-likeness (QED) is 0.623. The van der Waals surface area contributed by atoms with Gasteiger partial charge in [0, 0.05) is 23.4 Å². The van der Waals surface area contributed by atoms with Crippen molar-refractivity contribution < 1.29 is 9.13 Å². The smallest absolute Gasteiger partial charge is 0.131 e. The number of para-hydroxylation sites is 2. The second-order valence-electron chi connectivity index (χ2n) is 5.32. The first-order valence-corrected chi connectivity index (χ1v) is 8.04. The molecule has 3 rings (SSSR count). The molecule has 0 aliphatic heterocycles. The molecule has 24 heavy (non-hydrogen) atoms. The number of nitrogens with one attached hydrogen (secondary N) is 1. The lowest BCUT2D eigenvalue weighted by atomic mass is 10.2. The monoisotopic (exact) mass is 341 g/mol. The van der Waals surface area contributed by atoms with Crippen molar-refractivity contribution in [2.45, 2.75) is 13.2 Å². The third-order valence-electron chi connectivity index (χ3n) is 3.66. The Labute approximate surface area is 145 Å². The molecule has 0 aliphatic carbocycles. The molecule has 0 spiro atoms. The summed E-state index contributed by atoms with van der Waals surface area (Å²) in [7, 11) is 0. The van der Waals surface area contributed by atoms with Crippen LogP contribution in [0.25, 0.3) is 0 Å². The molecule has 0 unspecified atom stereocenters. The van der Waals surface area contributed by atoms with Gasteiger partial charge in [0.05, 0.1) is 5.02 Å². The molecule has 1 N–H and O–H groups in total. The van der Waals surface area contributed by atoms with Crippen molar-refractivity contribution in [3.8, 4) is 5.75 Å². The summed E-state index contributed by atoms with van der Waals surface area (Å²) in [6.07, 6.45) is 0. The minimum Gasteiger partial charge on any atom is -0.488 e. The molecule has 0 radical (unpaired) electrons. The van der Waals surface area contributed by atoms with Crippen molar-refractivity contribution in [1.82, 2.24) is 0 Å². The molecule has 0 aromatic heterocycles. The van der Waals surface area contributed by atoms with Crippen molar-refractivity contribution in [2.24, 2.45) is 0 Å². The van der Waals surface area contributed by atoms with E-state index in [1.165, 1.54) is 6.07 Å². The molecule has 0 fully saturated rings. The number of benzene rings is 3. The van der Waals surface area contributed by atoms with E-state index in [0.717, 1.165) is 11.3 Å². The third kappa shape index (κ3) is 4.06. The summed E-state index contributed by atoms with van der Waals surface area (Å²) < 4.78 is 19.7. The van der Waals surface area contributed by atoms with Gasteiger partial charge in [-0.05, 0) is 30.3 Å². The van der Waals surface area contributed by atoms with E-state index in [-0.39, 0.29) is 12.4 Å². The summed E-state index contributed by atoms with van der Waals surface area (Å²) in [6, 6.07) is 22.3. The van der Waals surface area contributed by atoms with E-state index >= 15 is 0 Å². The van der Waals surface area contributed by atoms with Gasteiger partial charge in [0.25, 0.3) is 0 Å². The van der Waals surface area contributed by atoms with Crippen LogP contribution in [0.1, 0.15) is 11.1 Å². The standard InChI is InChI=1S/C20H17ClFNO/c21-18-10-6-11-19(22)17(18)14-24-20-12-5-4-7-15(20)13-23-16-8-2-1-3-9-16/h1-12,23H,13-14H2. The lowest BCUT2D eigenvalue weighted by Crippen LogP contribution is -2.04. The van der Waals surface area contributed by atoms with Crippen molar-refractivity contribution in [3.05, 3.63) is 94.8 Å². The predicted octanol–water partition coefficient (Wildman–Crippen LogP) is 5.67. The van der Waals surface area contributed by atoms with Crippen LogP contribution in [0.4, 0.5) is 10.1 Å². The summed E-state index contributed by atoms with van der Waals surface area (Å²) in [5, 5.41) is 3.71. The molecule has 2 nitrogen and oxygen atoms in total. The van der Waals surface area contributed by atoms with Gasteiger partial charge < -0.3 is 10.1 Å². The predicted molar refractivity (Wildman–Crippen MR) is 96.0 cm³/mol. The summed E-state index contributed by atoms with van der Waals surface area (Å²) in [5.41, 5.74) is 2.39. The van der Waals surface area contributed by atoms with Crippen LogP contribution in [0, 0.1) is 5.82 Å². The fourth-order valence-electron chi connectivity index (χ4n) is 2.36. The van der Waals surface area contributed by atoms with Gasteiger partial charge in [0.1, 0.15) is 18.2 Å². The molecular weight excluding hydrogens is 325 g/mol. The fourth-order valence-corrected chi connectivity index (χ4v) is 2.58. The maximum absolute atomic E-state index is 13.8. The van der Waals surface area contributed by atoms with Crippen molar-refractivity contribution in [3.63, 3.8) is 0 Å². The summed E-state index contributed by atoms with van der Waals surface area (Å²) in [6.45, 7) is 0.707. The van der Waals surface area contributed by atoms with Crippen LogP contribution >= 0.6 is 11.6 Å². The van der Waals surface area contributed by atoms with E-state index in [0.29, 0.717) is 22.9 Å². The topological polar surface area (TPSA) is 21.3 Å². The van der Waals surface area contributed by atoms with E-state index in [2.05, 4.69) is 5.32 Å². The highest BCUT2D eigenvalue weighted by atomic mass is 35.5. The molecule has 0 heterocycles. The number of ether oxygens (including phenoxy) is 1. The Bertz CT molecular complexity index is 787. The lowest BCUT2D eigenvalue weighted by molar-refractivity contribution is 0.297. The van der Waals surface area contributed by atoms with E-state index in [1.807, 2.05) is 54.6 Å². The minimum atomic E-state index is -0.359. The Hall–Kier alpha value is -2.52. The highest BCUT2D eigenvalue weighted by Gasteiger charge is 2.09. The van der Waals surface area contributed by atoms with E-state index in [9.17, 15) is 4.39 Å². The number of halogens is 2. The van der Waals surface area contributed by atoms with Crippen LogP contribution in [0.5, 0.6) is 5.75 Å². The first-order valence-electron chi connectivity index (χ1n) is 7.66. The highest BCUT2D eigenvalue weighted by molar-refractivity contribution is 6.31. The lowest BCUT2D eigenvalue weighted by Gasteiger charge is -2.14. The Morgan fingerprint density at radius 3 is 2.42 bits per heavy atom. The van der Waals surface area contributed by atoms with Crippen LogP contribution in [0.3, 0.4) is 0 Å². The SMILES string of the molecule is Fc1cccc(Cl)c1COc1ccccc1CNc1ccccc1. The van der Waals surface area contributed by atoms with Gasteiger partial charge in [-0.1, -0.05) is 54.1 Å². The zero-order chi connectivity index (χ0) is 16.8. The number of hydrogen-bond donors (Lipinski definition) is 1. The fraction of sp³-hybridized carbons (Fsp3) is 0.100. The van der Waals surface area contributed by atoms with Gasteiger partial charge in [-0.25, -0.2) is 4.39 Å². The molecular formula is C20H17ClFNO. The van der Waals surface area contributed by atoms with E-state index in [4.69, 9.17) is 16.3 Å². The summed E-state index contributed by atoms with van der Waals surface area (Å²) >= 11 is 6.04. The molecule has 0 saturated carbocycles. The van der Waals surface area contributed by atoms with Crippen LogP contribution in [0.15, 0.2) is 72.8 Å². The van der Waals surface area contributed by atoms with Gasteiger partial charge in [0.2, 0.25) is 0 Å². The third-order valence-corrected chi connectivity index (χ3v) is 4.02. The van der Waals surface area contributed by atoms with Crippen LogP contribution in [0.2, 0.25) is 5.02 Å². The maximum atomic E-state index is 13.8. The van der Waals surface area contributed by atoms with Crippen molar-refractivity contribution in [2.75, 3.05) is 5.32 Å². The van der Waals surface area contributed by atoms with Crippen molar-refractivity contribution in [1.29, 1.82) is 0 Å². The zero-order valence-corrected chi connectivity index (χ0v) is 13.8. The van der Waals surface area contributed by atoms with Crippen LogP contribution in [-0.2, 0) is 13.2 Å². The first kappa shape index (κ1) is 16.3. The van der Waals surface area contributed by atoms with Crippen molar-refractivity contribution >= 4 is 17.3 Å². The Morgan fingerprint density at radius 2 is 1.62 bits per heavy atom. The Kier molecular flexibility index (Phi) is 5.34. The molecule has 3 aromatic rings. The number of rotatable bonds is 6. The Morgan fingerprint density at radius 1 is 0.875 bits per heavy atom. The van der Waals surface area contributed by atoms with Gasteiger partial charge in [-0.15, -0.1) is 0 Å². The van der Waals surface area contributed by atoms with Gasteiger partial charge in [-0.3, -0.25) is 0 Å². The van der Waals surface area contributed by atoms with Gasteiger partial charge in [0.15, 0.2) is 0 Å². The largest absolute Gasteiger partial charge is 0.488 e. The molecule has 0 bridgehead atoms. The van der Waals surface area contributed by atoms with E-state index in [1.54, 1.807) is 12.1 Å². The average molecular weight is 342 g/mol. The maximum Gasteiger partial charge on any atom is 0.131 e. The van der Waals surface area contributed by atoms with Crippen LogP contribution in [-0.4, -0.2) is 0 Å². The second kappa shape index (κ2) is 7.84. The molecule has 0 amide bonds. The Balaban J connectivity index is 1.70. The first-order chi connectivity index (χ1) is 11.7. The van der Waals surface area contributed by atoms with Gasteiger partial charge in [-0.2, -0.15) is 0 Å². The highest BCUT2D eigenvalue weighted by Crippen LogP contribution is 2.24.